The maximum Gasteiger partial charge on any atom is 0.259 e. The van der Waals surface area contributed by atoms with Gasteiger partial charge >= 0.3 is 0 Å². The summed E-state index contributed by atoms with van der Waals surface area (Å²) in [4.78, 5) is 26.3. The number of amides is 2. The van der Waals surface area contributed by atoms with E-state index in [2.05, 4.69) is 5.32 Å². The van der Waals surface area contributed by atoms with Crippen LogP contribution in [0.4, 0.5) is 11.4 Å². The Morgan fingerprint density at radius 1 is 1.00 bits per heavy atom. The minimum atomic E-state index is -0.391. The fourth-order valence-corrected chi connectivity index (χ4v) is 3.28. The van der Waals surface area contributed by atoms with Crippen molar-refractivity contribution in [3.63, 3.8) is 0 Å². The average molecular weight is 346 g/mol. The van der Waals surface area contributed by atoms with E-state index in [9.17, 15) is 14.7 Å². The van der Waals surface area contributed by atoms with Crippen LogP contribution < -0.4 is 10.2 Å². The molecule has 1 fully saturated rings. The number of hydrogen-bond acceptors (Lipinski definition) is 3. The third kappa shape index (κ3) is 2.99. The minimum Gasteiger partial charge on any atom is -0.507 e. The van der Waals surface area contributed by atoms with E-state index in [1.165, 1.54) is 0 Å². The van der Waals surface area contributed by atoms with E-state index in [1.54, 1.807) is 35.2 Å². The van der Waals surface area contributed by atoms with Gasteiger partial charge in [-0.25, -0.2) is 0 Å². The van der Waals surface area contributed by atoms with Crippen LogP contribution >= 0.6 is 0 Å². The quantitative estimate of drug-likeness (QED) is 0.755. The molecule has 0 spiro atoms. The highest BCUT2D eigenvalue weighted by Gasteiger charge is 2.22. The topological polar surface area (TPSA) is 69.6 Å². The zero-order valence-electron chi connectivity index (χ0n) is 14.1. The van der Waals surface area contributed by atoms with Crippen LogP contribution in [0.15, 0.2) is 60.7 Å². The molecule has 2 N–H and O–H groups in total. The molecule has 26 heavy (non-hydrogen) atoms. The van der Waals surface area contributed by atoms with Crippen LogP contribution in [-0.4, -0.2) is 23.5 Å². The van der Waals surface area contributed by atoms with Gasteiger partial charge in [-0.15, -0.1) is 0 Å². The Morgan fingerprint density at radius 3 is 2.50 bits per heavy atom. The first-order valence-electron chi connectivity index (χ1n) is 8.55. The number of carbonyl (C=O) groups excluding carboxylic acids is 2. The second-order valence-corrected chi connectivity index (χ2v) is 6.37. The van der Waals surface area contributed by atoms with Crippen LogP contribution in [0, 0.1) is 0 Å². The molecule has 0 bridgehead atoms. The Hall–Kier alpha value is -3.34. The number of aromatic hydroxyl groups is 1. The van der Waals surface area contributed by atoms with Crippen molar-refractivity contribution in [3.05, 3.63) is 66.2 Å². The van der Waals surface area contributed by atoms with Gasteiger partial charge in [-0.05, 0) is 47.5 Å². The van der Waals surface area contributed by atoms with E-state index in [1.807, 2.05) is 30.3 Å². The fraction of sp³-hybridized carbons (Fsp3) is 0.143. The van der Waals surface area contributed by atoms with E-state index >= 15 is 0 Å². The number of anilines is 2. The van der Waals surface area contributed by atoms with Crippen LogP contribution in [0.25, 0.3) is 10.8 Å². The van der Waals surface area contributed by atoms with Crippen LogP contribution in [-0.2, 0) is 4.79 Å². The maximum atomic E-state index is 12.6. The highest BCUT2D eigenvalue weighted by molar-refractivity contribution is 6.09. The van der Waals surface area contributed by atoms with Crippen molar-refractivity contribution >= 4 is 34.0 Å². The van der Waals surface area contributed by atoms with Crippen molar-refractivity contribution in [1.29, 1.82) is 0 Å². The molecule has 0 aromatic heterocycles. The van der Waals surface area contributed by atoms with E-state index in [-0.39, 0.29) is 17.2 Å². The number of phenols is 1. The highest BCUT2D eigenvalue weighted by atomic mass is 16.3. The minimum absolute atomic E-state index is 0.0629. The third-order valence-electron chi connectivity index (χ3n) is 4.60. The van der Waals surface area contributed by atoms with E-state index in [4.69, 9.17) is 0 Å². The highest BCUT2D eigenvalue weighted by Crippen LogP contribution is 2.27. The van der Waals surface area contributed by atoms with E-state index < -0.39 is 5.91 Å². The molecule has 5 nitrogen and oxygen atoms in total. The third-order valence-corrected chi connectivity index (χ3v) is 4.60. The van der Waals surface area contributed by atoms with Gasteiger partial charge < -0.3 is 15.3 Å². The van der Waals surface area contributed by atoms with Gasteiger partial charge in [-0.1, -0.05) is 30.3 Å². The molecule has 5 heteroatoms. The smallest absolute Gasteiger partial charge is 0.259 e. The number of hydrogen-bond donors (Lipinski definition) is 2. The lowest BCUT2D eigenvalue weighted by Gasteiger charge is -2.17. The summed E-state index contributed by atoms with van der Waals surface area (Å²) in [7, 11) is 0. The molecule has 0 unspecified atom stereocenters. The summed E-state index contributed by atoms with van der Waals surface area (Å²) in [6.45, 7) is 0.696. The summed E-state index contributed by atoms with van der Waals surface area (Å²) in [5.74, 6) is -0.356. The molecule has 4 rings (SSSR count). The van der Waals surface area contributed by atoms with Gasteiger partial charge in [0.05, 0.1) is 5.56 Å². The molecule has 1 saturated heterocycles. The van der Waals surface area contributed by atoms with Gasteiger partial charge in [-0.3, -0.25) is 9.59 Å². The Balaban J connectivity index is 1.60. The van der Waals surface area contributed by atoms with Gasteiger partial charge in [0.2, 0.25) is 5.91 Å². The average Bonchev–Trinajstić information content (AvgIpc) is 3.07. The van der Waals surface area contributed by atoms with E-state index in [0.717, 1.165) is 22.9 Å². The van der Waals surface area contributed by atoms with Gasteiger partial charge in [0.1, 0.15) is 5.75 Å². The maximum absolute atomic E-state index is 12.6. The predicted molar refractivity (Wildman–Crippen MR) is 102 cm³/mol. The first-order chi connectivity index (χ1) is 12.6. The molecule has 0 atom stereocenters. The van der Waals surface area contributed by atoms with Crippen molar-refractivity contribution in [2.45, 2.75) is 12.8 Å². The van der Waals surface area contributed by atoms with Gasteiger partial charge in [0.25, 0.3) is 5.91 Å². The zero-order chi connectivity index (χ0) is 18.1. The second-order valence-electron chi connectivity index (χ2n) is 6.37. The van der Waals surface area contributed by atoms with Crippen LogP contribution in [0.1, 0.15) is 23.2 Å². The summed E-state index contributed by atoms with van der Waals surface area (Å²) in [6.07, 6.45) is 1.40. The molecule has 2 amide bonds. The summed E-state index contributed by atoms with van der Waals surface area (Å²) in [5, 5.41) is 14.8. The fourth-order valence-electron chi connectivity index (χ4n) is 3.28. The molecule has 3 aromatic rings. The Morgan fingerprint density at radius 2 is 1.77 bits per heavy atom. The summed E-state index contributed by atoms with van der Waals surface area (Å²) < 4.78 is 0. The summed E-state index contributed by atoms with van der Waals surface area (Å²) in [6, 6.07) is 18.0. The lowest BCUT2D eigenvalue weighted by molar-refractivity contribution is -0.117. The Kier molecular flexibility index (Phi) is 4.05. The number of nitrogens with zero attached hydrogens (tertiary/aromatic N) is 1. The van der Waals surface area contributed by atoms with Gasteiger partial charge in [-0.2, -0.15) is 0 Å². The summed E-state index contributed by atoms with van der Waals surface area (Å²) >= 11 is 0. The SMILES string of the molecule is O=C(Nc1cccc(N2CCCC2=O)c1)c1cc2ccccc2cc1O. The normalized spacial score (nSPS) is 14.0. The van der Waals surface area contributed by atoms with Gasteiger partial charge in [0.15, 0.2) is 0 Å². The van der Waals surface area contributed by atoms with Crippen LogP contribution in [0.5, 0.6) is 5.75 Å². The van der Waals surface area contributed by atoms with Crippen molar-refractivity contribution < 1.29 is 14.7 Å². The lowest BCUT2D eigenvalue weighted by Crippen LogP contribution is -2.23. The molecule has 1 heterocycles. The standard InChI is InChI=1S/C21H18N2O3/c24-19-12-15-6-2-1-5-14(15)11-18(19)21(26)22-16-7-3-8-17(13-16)23-10-4-9-20(23)25/h1-3,5-8,11-13,24H,4,9-10H2,(H,22,26). The second kappa shape index (κ2) is 6.52. The molecule has 1 aliphatic rings. The molecule has 3 aromatic carbocycles. The molecule has 0 aliphatic carbocycles. The van der Waals surface area contributed by atoms with Crippen LogP contribution in [0.3, 0.4) is 0 Å². The monoisotopic (exact) mass is 346 g/mol. The first kappa shape index (κ1) is 16.1. The van der Waals surface area contributed by atoms with Crippen LogP contribution in [0.2, 0.25) is 0 Å². The number of carbonyl (C=O) groups is 2. The zero-order valence-corrected chi connectivity index (χ0v) is 14.1. The van der Waals surface area contributed by atoms with Crippen molar-refractivity contribution in [2.75, 3.05) is 16.8 Å². The van der Waals surface area contributed by atoms with Crippen molar-refractivity contribution in [3.8, 4) is 5.75 Å². The molecular formula is C21H18N2O3. The van der Waals surface area contributed by atoms with Gasteiger partial charge in [0, 0.05) is 24.3 Å². The number of nitrogens with one attached hydrogen (secondary N) is 1. The molecule has 1 aliphatic heterocycles. The molecule has 0 radical (unpaired) electrons. The number of rotatable bonds is 3. The van der Waals surface area contributed by atoms with E-state index in [0.29, 0.717) is 18.7 Å². The molecular weight excluding hydrogens is 328 g/mol. The number of fused-ring (bicyclic) bond motifs is 1. The molecule has 130 valence electrons. The van der Waals surface area contributed by atoms with Crippen molar-refractivity contribution in [2.24, 2.45) is 0 Å². The molecule has 0 saturated carbocycles. The Bertz CT molecular complexity index is 1010. The summed E-state index contributed by atoms with van der Waals surface area (Å²) in [5.41, 5.74) is 1.57. The first-order valence-corrected chi connectivity index (χ1v) is 8.55. The Labute approximate surface area is 150 Å². The largest absolute Gasteiger partial charge is 0.507 e. The number of benzene rings is 3. The lowest BCUT2D eigenvalue weighted by atomic mass is 10.1. The predicted octanol–water partition coefficient (Wildman–Crippen LogP) is 3.92. The van der Waals surface area contributed by atoms with Crippen molar-refractivity contribution in [1.82, 2.24) is 0 Å². The number of phenolic OH excluding ortho intramolecular Hbond substituents is 1.